The number of hydrogen-bond acceptors (Lipinski definition) is 2. The molecule has 14 heavy (non-hydrogen) atoms. The standard InChI is InChI=1S/C11H15BrO2/c1-3-13-10-6-5-9(8-12)7-11(10)14-4-2/h5-7H,3-4,8H2,1-2H3. The molecule has 0 saturated heterocycles. The third kappa shape index (κ3) is 2.91. The van der Waals surface area contributed by atoms with E-state index < -0.39 is 0 Å². The first-order chi connectivity index (χ1) is 6.81. The number of alkyl halides is 1. The Morgan fingerprint density at radius 2 is 1.71 bits per heavy atom. The normalized spacial score (nSPS) is 9.93. The van der Waals surface area contributed by atoms with Gasteiger partial charge in [-0.15, -0.1) is 0 Å². The SMILES string of the molecule is CCOc1ccc(CBr)cc1OCC. The molecule has 0 unspecified atom stereocenters. The highest BCUT2D eigenvalue weighted by atomic mass is 79.9. The fraction of sp³-hybridized carbons (Fsp3) is 0.455. The number of benzene rings is 1. The van der Waals surface area contributed by atoms with Crippen LogP contribution in [0.1, 0.15) is 19.4 Å². The highest BCUT2D eigenvalue weighted by Crippen LogP contribution is 2.29. The molecule has 0 radical (unpaired) electrons. The van der Waals surface area contributed by atoms with Gasteiger partial charge in [0.05, 0.1) is 13.2 Å². The highest BCUT2D eigenvalue weighted by Gasteiger charge is 2.04. The summed E-state index contributed by atoms with van der Waals surface area (Å²) in [6.07, 6.45) is 0. The molecular weight excluding hydrogens is 244 g/mol. The minimum atomic E-state index is 0.659. The van der Waals surface area contributed by atoms with Crippen molar-refractivity contribution < 1.29 is 9.47 Å². The van der Waals surface area contributed by atoms with Gasteiger partial charge in [-0.2, -0.15) is 0 Å². The van der Waals surface area contributed by atoms with E-state index in [1.54, 1.807) is 0 Å². The van der Waals surface area contributed by atoms with Crippen molar-refractivity contribution in [2.75, 3.05) is 13.2 Å². The van der Waals surface area contributed by atoms with E-state index in [9.17, 15) is 0 Å². The summed E-state index contributed by atoms with van der Waals surface area (Å²) in [7, 11) is 0. The van der Waals surface area contributed by atoms with Gasteiger partial charge in [-0.1, -0.05) is 22.0 Å². The van der Waals surface area contributed by atoms with E-state index in [2.05, 4.69) is 15.9 Å². The number of hydrogen-bond donors (Lipinski definition) is 0. The predicted molar refractivity (Wildman–Crippen MR) is 61.4 cm³/mol. The summed E-state index contributed by atoms with van der Waals surface area (Å²) in [4.78, 5) is 0. The molecule has 0 aromatic heterocycles. The van der Waals surface area contributed by atoms with Crippen molar-refractivity contribution in [1.82, 2.24) is 0 Å². The van der Waals surface area contributed by atoms with Crippen molar-refractivity contribution in [3.63, 3.8) is 0 Å². The predicted octanol–water partition coefficient (Wildman–Crippen LogP) is 3.38. The van der Waals surface area contributed by atoms with Crippen molar-refractivity contribution in [3.05, 3.63) is 23.8 Å². The van der Waals surface area contributed by atoms with Crippen LogP contribution in [0.3, 0.4) is 0 Å². The van der Waals surface area contributed by atoms with Crippen LogP contribution in [-0.2, 0) is 5.33 Å². The van der Waals surface area contributed by atoms with Crippen molar-refractivity contribution in [2.45, 2.75) is 19.2 Å². The molecule has 0 aliphatic rings. The minimum absolute atomic E-state index is 0.659. The lowest BCUT2D eigenvalue weighted by molar-refractivity contribution is 0.287. The van der Waals surface area contributed by atoms with Gasteiger partial charge in [0.2, 0.25) is 0 Å². The number of ether oxygens (including phenoxy) is 2. The molecule has 0 saturated carbocycles. The molecule has 3 heteroatoms. The molecule has 0 aliphatic heterocycles. The zero-order chi connectivity index (χ0) is 10.4. The van der Waals surface area contributed by atoms with Gasteiger partial charge in [0.1, 0.15) is 0 Å². The van der Waals surface area contributed by atoms with E-state index in [0.717, 1.165) is 16.8 Å². The third-order valence-corrected chi connectivity index (χ3v) is 2.41. The molecule has 2 nitrogen and oxygen atoms in total. The lowest BCUT2D eigenvalue weighted by Crippen LogP contribution is -1.98. The van der Waals surface area contributed by atoms with Gasteiger partial charge in [-0.3, -0.25) is 0 Å². The summed E-state index contributed by atoms with van der Waals surface area (Å²) in [5.41, 5.74) is 1.19. The summed E-state index contributed by atoms with van der Waals surface area (Å²) < 4.78 is 10.9. The number of halogens is 1. The van der Waals surface area contributed by atoms with Crippen LogP contribution < -0.4 is 9.47 Å². The average Bonchev–Trinajstić information content (AvgIpc) is 2.21. The van der Waals surface area contributed by atoms with Crippen LogP contribution in [0.4, 0.5) is 0 Å². The van der Waals surface area contributed by atoms with E-state index in [1.807, 2.05) is 32.0 Å². The molecule has 0 N–H and O–H groups in total. The molecule has 0 fully saturated rings. The summed E-state index contributed by atoms with van der Waals surface area (Å²) >= 11 is 3.41. The maximum atomic E-state index is 5.49. The van der Waals surface area contributed by atoms with Crippen LogP contribution in [0.5, 0.6) is 11.5 Å². The maximum absolute atomic E-state index is 5.49. The smallest absolute Gasteiger partial charge is 0.161 e. The summed E-state index contributed by atoms with van der Waals surface area (Å²) in [6.45, 7) is 5.25. The first-order valence-corrected chi connectivity index (χ1v) is 5.88. The Morgan fingerprint density at radius 3 is 2.29 bits per heavy atom. The van der Waals surface area contributed by atoms with Crippen LogP contribution in [0.15, 0.2) is 18.2 Å². The van der Waals surface area contributed by atoms with Gasteiger partial charge in [0.15, 0.2) is 11.5 Å². The van der Waals surface area contributed by atoms with E-state index >= 15 is 0 Å². The minimum Gasteiger partial charge on any atom is -0.490 e. The largest absolute Gasteiger partial charge is 0.490 e. The van der Waals surface area contributed by atoms with Gasteiger partial charge < -0.3 is 9.47 Å². The fourth-order valence-electron chi connectivity index (χ4n) is 1.18. The van der Waals surface area contributed by atoms with Crippen molar-refractivity contribution in [2.24, 2.45) is 0 Å². The van der Waals surface area contributed by atoms with E-state index in [1.165, 1.54) is 5.56 Å². The van der Waals surface area contributed by atoms with Gasteiger partial charge in [0, 0.05) is 5.33 Å². The Morgan fingerprint density at radius 1 is 1.07 bits per heavy atom. The second kappa shape index (κ2) is 5.91. The second-order valence-corrected chi connectivity index (χ2v) is 3.34. The molecule has 1 rings (SSSR count). The summed E-state index contributed by atoms with van der Waals surface area (Å²) in [5, 5.41) is 0.833. The number of rotatable bonds is 5. The van der Waals surface area contributed by atoms with Crippen molar-refractivity contribution in [1.29, 1.82) is 0 Å². The van der Waals surface area contributed by atoms with Crippen molar-refractivity contribution in [3.8, 4) is 11.5 Å². The van der Waals surface area contributed by atoms with Gasteiger partial charge in [0.25, 0.3) is 0 Å². The quantitative estimate of drug-likeness (QED) is 0.755. The zero-order valence-electron chi connectivity index (χ0n) is 8.55. The molecule has 0 heterocycles. The van der Waals surface area contributed by atoms with Crippen molar-refractivity contribution >= 4 is 15.9 Å². The Kier molecular flexibility index (Phi) is 4.80. The van der Waals surface area contributed by atoms with Crippen LogP contribution in [0.2, 0.25) is 0 Å². The molecule has 1 aromatic rings. The summed E-state index contributed by atoms with van der Waals surface area (Å²) in [6, 6.07) is 5.98. The van der Waals surface area contributed by atoms with E-state index in [-0.39, 0.29) is 0 Å². The first-order valence-electron chi connectivity index (χ1n) is 4.76. The third-order valence-electron chi connectivity index (χ3n) is 1.76. The van der Waals surface area contributed by atoms with Gasteiger partial charge in [-0.05, 0) is 31.5 Å². The van der Waals surface area contributed by atoms with E-state index in [4.69, 9.17) is 9.47 Å². The van der Waals surface area contributed by atoms with Crippen LogP contribution in [0, 0.1) is 0 Å². The van der Waals surface area contributed by atoms with E-state index in [0.29, 0.717) is 13.2 Å². The molecule has 0 bridgehead atoms. The average molecular weight is 259 g/mol. The maximum Gasteiger partial charge on any atom is 0.161 e. The second-order valence-electron chi connectivity index (χ2n) is 2.78. The Balaban J connectivity index is 2.91. The first kappa shape index (κ1) is 11.4. The molecule has 1 aromatic carbocycles. The highest BCUT2D eigenvalue weighted by molar-refractivity contribution is 9.08. The lowest BCUT2D eigenvalue weighted by Gasteiger charge is -2.11. The Hall–Kier alpha value is -0.700. The Labute approximate surface area is 93.4 Å². The topological polar surface area (TPSA) is 18.5 Å². The fourth-order valence-corrected chi connectivity index (χ4v) is 1.53. The summed E-state index contributed by atoms with van der Waals surface area (Å²) in [5.74, 6) is 1.64. The van der Waals surface area contributed by atoms with Crippen LogP contribution >= 0.6 is 15.9 Å². The van der Waals surface area contributed by atoms with Gasteiger partial charge >= 0.3 is 0 Å². The molecule has 78 valence electrons. The van der Waals surface area contributed by atoms with Gasteiger partial charge in [-0.25, -0.2) is 0 Å². The molecule has 0 aliphatic carbocycles. The van der Waals surface area contributed by atoms with Crippen LogP contribution in [0.25, 0.3) is 0 Å². The molecule has 0 amide bonds. The molecular formula is C11H15BrO2. The molecule has 0 atom stereocenters. The zero-order valence-corrected chi connectivity index (χ0v) is 10.1. The Bertz CT molecular complexity index is 287. The monoisotopic (exact) mass is 258 g/mol. The van der Waals surface area contributed by atoms with Crippen LogP contribution in [-0.4, -0.2) is 13.2 Å². The molecule has 0 spiro atoms. The lowest BCUT2D eigenvalue weighted by atomic mass is 10.2.